The third-order valence-electron chi connectivity index (χ3n) is 2.96. The summed E-state index contributed by atoms with van der Waals surface area (Å²) in [6.45, 7) is -0.0186. The van der Waals surface area contributed by atoms with Gasteiger partial charge in [-0.1, -0.05) is 35.9 Å². The average molecular weight is 341 g/mol. The van der Waals surface area contributed by atoms with E-state index < -0.39 is 0 Å². The molecule has 0 saturated carbocycles. The van der Waals surface area contributed by atoms with E-state index in [2.05, 4.69) is 5.92 Å². The lowest BCUT2D eigenvalue weighted by Crippen LogP contribution is -2.28. The number of nitrogens with zero attached hydrogens (tertiary/aromatic N) is 1. The first kappa shape index (κ1) is 15.5. The van der Waals surface area contributed by atoms with Crippen LogP contribution in [-0.2, 0) is 4.79 Å². The van der Waals surface area contributed by atoms with Crippen LogP contribution in [0.1, 0.15) is 5.76 Å². The Balaban J connectivity index is 1.75. The Morgan fingerprint density at radius 3 is 2.74 bits per heavy atom. The molecule has 1 saturated heterocycles. The molecule has 1 aromatic carbocycles. The number of rotatable bonds is 4. The standard InChI is InChI=1S/C17H11NO3S2/c1-2-10-18-16(19)14(23-17(18)20)11-12-8-9-15(21-12)22-13-6-4-3-5-7-13/h1,3-9,11H,10H2/b14-11-. The SMILES string of the molecule is C#CCN1C(=O)S/C(=C\c2ccc(Sc3ccccc3)o2)C1=O. The van der Waals surface area contributed by atoms with Crippen molar-refractivity contribution >= 4 is 40.7 Å². The summed E-state index contributed by atoms with van der Waals surface area (Å²) >= 11 is 2.35. The molecular weight excluding hydrogens is 330 g/mol. The minimum absolute atomic E-state index is 0.0186. The molecule has 2 aromatic rings. The van der Waals surface area contributed by atoms with Gasteiger partial charge in [-0.2, -0.15) is 0 Å². The Hall–Kier alpha value is -2.36. The smallest absolute Gasteiger partial charge is 0.294 e. The van der Waals surface area contributed by atoms with Crippen molar-refractivity contribution in [3.63, 3.8) is 0 Å². The number of hydrogen-bond donors (Lipinski definition) is 0. The molecule has 3 rings (SSSR count). The summed E-state index contributed by atoms with van der Waals surface area (Å²) in [5.41, 5.74) is 0. The largest absolute Gasteiger partial charge is 0.450 e. The minimum atomic E-state index is -0.383. The first-order chi connectivity index (χ1) is 11.2. The second kappa shape index (κ2) is 6.82. The van der Waals surface area contributed by atoms with Gasteiger partial charge in [-0.3, -0.25) is 14.5 Å². The van der Waals surface area contributed by atoms with Gasteiger partial charge in [-0.05, 0) is 36.0 Å². The first-order valence-corrected chi connectivity index (χ1v) is 8.32. The van der Waals surface area contributed by atoms with Gasteiger partial charge in [0.1, 0.15) is 5.76 Å². The van der Waals surface area contributed by atoms with E-state index in [1.54, 1.807) is 12.1 Å². The van der Waals surface area contributed by atoms with E-state index >= 15 is 0 Å². The maximum absolute atomic E-state index is 12.1. The van der Waals surface area contributed by atoms with Crippen LogP contribution in [0.4, 0.5) is 4.79 Å². The van der Waals surface area contributed by atoms with Crippen molar-refractivity contribution in [2.45, 2.75) is 9.99 Å². The number of imide groups is 1. The number of terminal acetylenes is 1. The third-order valence-corrected chi connectivity index (χ3v) is 4.80. The summed E-state index contributed by atoms with van der Waals surface area (Å²) in [7, 11) is 0. The fraction of sp³-hybridized carbons (Fsp3) is 0.0588. The first-order valence-electron chi connectivity index (χ1n) is 6.69. The summed E-state index contributed by atoms with van der Waals surface area (Å²) in [6, 6.07) is 13.4. The third kappa shape index (κ3) is 3.52. The maximum atomic E-state index is 12.1. The normalized spacial score (nSPS) is 16.1. The number of amides is 2. The molecule has 2 amide bonds. The van der Waals surface area contributed by atoms with Crippen LogP contribution in [0.5, 0.6) is 0 Å². The number of carbonyl (C=O) groups is 2. The Morgan fingerprint density at radius 2 is 2.00 bits per heavy atom. The molecule has 0 spiro atoms. The summed E-state index contributed by atoms with van der Waals surface area (Å²) in [5.74, 6) is 2.44. The zero-order valence-corrected chi connectivity index (χ0v) is 13.5. The summed E-state index contributed by atoms with van der Waals surface area (Å²) in [4.78, 5) is 26.2. The predicted molar refractivity (Wildman–Crippen MR) is 90.8 cm³/mol. The predicted octanol–water partition coefficient (Wildman–Crippen LogP) is 4.10. The van der Waals surface area contributed by atoms with Gasteiger partial charge < -0.3 is 4.42 Å². The Labute approximate surface area is 141 Å². The van der Waals surface area contributed by atoms with E-state index in [1.165, 1.54) is 11.8 Å². The molecule has 0 aliphatic carbocycles. The fourth-order valence-corrected chi connectivity index (χ4v) is 3.55. The fourth-order valence-electron chi connectivity index (χ4n) is 1.93. The van der Waals surface area contributed by atoms with Gasteiger partial charge in [0.2, 0.25) is 0 Å². The molecule has 1 aromatic heterocycles. The van der Waals surface area contributed by atoms with Crippen molar-refractivity contribution in [1.29, 1.82) is 0 Å². The zero-order chi connectivity index (χ0) is 16.2. The number of thioether (sulfide) groups is 1. The van der Waals surface area contributed by atoms with Gasteiger partial charge in [-0.15, -0.1) is 6.42 Å². The van der Waals surface area contributed by atoms with Crippen LogP contribution < -0.4 is 0 Å². The topological polar surface area (TPSA) is 50.5 Å². The molecule has 1 fully saturated rings. The highest BCUT2D eigenvalue weighted by Gasteiger charge is 2.34. The monoisotopic (exact) mass is 341 g/mol. The highest BCUT2D eigenvalue weighted by atomic mass is 32.2. The van der Waals surface area contributed by atoms with Gasteiger partial charge in [-0.25, -0.2) is 0 Å². The van der Waals surface area contributed by atoms with E-state index in [1.807, 2.05) is 36.4 Å². The molecule has 4 nitrogen and oxygen atoms in total. The van der Waals surface area contributed by atoms with E-state index in [0.29, 0.717) is 15.8 Å². The zero-order valence-electron chi connectivity index (χ0n) is 11.9. The van der Waals surface area contributed by atoms with E-state index in [-0.39, 0.29) is 17.7 Å². The minimum Gasteiger partial charge on any atom is -0.450 e. The highest BCUT2D eigenvalue weighted by molar-refractivity contribution is 8.18. The van der Waals surface area contributed by atoms with Gasteiger partial charge in [0.05, 0.1) is 11.4 Å². The molecule has 114 valence electrons. The van der Waals surface area contributed by atoms with Crippen molar-refractivity contribution in [2.75, 3.05) is 6.54 Å². The van der Waals surface area contributed by atoms with Crippen molar-refractivity contribution in [1.82, 2.24) is 4.90 Å². The lowest BCUT2D eigenvalue weighted by molar-refractivity contribution is -0.122. The lowest BCUT2D eigenvalue weighted by Gasteiger charge is -2.06. The lowest BCUT2D eigenvalue weighted by atomic mass is 10.3. The van der Waals surface area contributed by atoms with Crippen molar-refractivity contribution in [3.05, 3.63) is 53.1 Å². The number of carbonyl (C=O) groups excluding carboxylic acids is 2. The molecule has 0 N–H and O–H groups in total. The van der Waals surface area contributed by atoms with E-state index in [4.69, 9.17) is 10.8 Å². The molecule has 2 heterocycles. The Kier molecular flexibility index (Phi) is 4.60. The maximum Gasteiger partial charge on any atom is 0.294 e. The van der Waals surface area contributed by atoms with Gasteiger partial charge >= 0.3 is 0 Å². The van der Waals surface area contributed by atoms with Crippen LogP contribution in [-0.4, -0.2) is 22.6 Å². The van der Waals surface area contributed by atoms with Crippen molar-refractivity contribution in [2.24, 2.45) is 0 Å². The summed E-state index contributed by atoms with van der Waals surface area (Å²) in [6.07, 6.45) is 6.73. The van der Waals surface area contributed by atoms with Crippen LogP contribution in [0.3, 0.4) is 0 Å². The highest BCUT2D eigenvalue weighted by Crippen LogP contribution is 2.34. The molecule has 0 radical (unpaired) electrons. The van der Waals surface area contributed by atoms with E-state index in [0.717, 1.165) is 21.6 Å². The molecule has 1 aliphatic heterocycles. The number of hydrogen-bond acceptors (Lipinski definition) is 5. The van der Waals surface area contributed by atoms with E-state index in [9.17, 15) is 9.59 Å². The quantitative estimate of drug-likeness (QED) is 0.619. The van der Waals surface area contributed by atoms with Crippen LogP contribution in [0, 0.1) is 12.3 Å². The summed E-state index contributed by atoms with van der Waals surface area (Å²) in [5, 5.41) is 0.356. The average Bonchev–Trinajstić information content (AvgIpc) is 3.09. The molecule has 0 bridgehead atoms. The van der Waals surface area contributed by atoms with Gasteiger partial charge in [0, 0.05) is 11.0 Å². The number of benzene rings is 1. The molecular formula is C17H11NO3S2. The Bertz CT molecular complexity index is 818. The molecule has 1 aliphatic rings. The van der Waals surface area contributed by atoms with Gasteiger partial charge in [0.25, 0.3) is 11.1 Å². The van der Waals surface area contributed by atoms with Gasteiger partial charge in [0.15, 0.2) is 5.09 Å². The number of furan rings is 1. The Morgan fingerprint density at radius 1 is 1.22 bits per heavy atom. The molecule has 0 atom stereocenters. The van der Waals surface area contributed by atoms with Crippen LogP contribution in [0.15, 0.2) is 61.8 Å². The van der Waals surface area contributed by atoms with Crippen molar-refractivity contribution < 1.29 is 14.0 Å². The molecule has 0 unspecified atom stereocenters. The molecule has 6 heteroatoms. The second-order valence-electron chi connectivity index (χ2n) is 4.54. The van der Waals surface area contributed by atoms with Crippen LogP contribution in [0.2, 0.25) is 0 Å². The second-order valence-corrected chi connectivity index (χ2v) is 6.61. The van der Waals surface area contributed by atoms with Crippen molar-refractivity contribution in [3.8, 4) is 12.3 Å². The van der Waals surface area contributed by atoms with Crippen LogP contribution >= 0.6 is 23.5 Å². The van der Waals surface area contributed by atoms with Crippen LogP contribution in [0.25, 0.3) is 6.08 Å². The summed E-state index contributed by atoms with van der Waals surface area (Å²) < 4.78 is 5.68. The molecule has 23 heavy (non-hydrogen) atoms.